The molecule has 0 unspecified atom stereocenters. The Morgan fingerprint density at radius 1 is 1.24 bits per heavy atom. The van der Waals surface area contributed by atoms with E-state index in [4.69, 9.17) is 14.9 Å². The van der Waals surface area contributed by atoms with Crippen molar-refractivity contribution in [3.05, 3.63) is 33.4 Å². The minimum atomic E-state index is -0.699. The van der Waals surface area contributed by atoms with E-state index in [1.54, 1.807) is 0 Å². The van der Waals surface area contributed by atoms with E-state index in [2.05, 4.69) is 4.98 Å². The number of morpholine rings is 1. The summed E-state index contributed by atoms with van der Waals surface area (Å²) >= 11 is 0. The smallest absolute Gasteiger partial charge is 0.401 e. The van der Waals surface area contributed by atoms with E-state index in [0.717, 1.165) is 6.07 Å². The molecule has 2 aromatic rings. The molecule has 0 aliphatic carbocycles. The molecular formula is C15H12N6O4. The third kappa shape index (κ3) is 2.82. The summed E-state index contributed by atoms with van der Waals surface area (Å²) in [6, 6.07) is 6.40. The quantitative estimate of drug-likeness (QED) is 0.644. The van der Waals surface area contributed by atoms with E-state index in [1.165, 1.54) is 6.07 Å². The van der Waals surface area contributed by atoms with Gasteiger partial charge in [-0.15, -0.1) is 0 Å². The van der Waals surface area contributed by atoms with Crippen molar-refractivity contribution in [3.8, 4) is 23.5 Å². The van der Waals surface area contributed by atoms with Gasteiger partial charge in [0.1, 0.15) is 45.6 Å². The van der Waals surface area contributed by atoms with Crippen molar-refractivity contribution in [3.63, 3.8) is 0 Å². The molecule has 3 rings (SSSR count). The van der Waals surface area contributed by atoms with E-state index in [0.29, 0.717) is 32.1 Å². The van der Waals surface area contributed by atoms with E-state index < -0.39 is 10.8 Å². The summed E-state index contributed by atoms with van der Waals surface area (Å²) in [5.74, 6) is -0.247. The van der Waals surface area contributed by atoms with Crippen molar-refractivity contribution < 1.29 is 14.1 Å². The van der Waals surface area contributed by atoms with Gasteiger partial charge in [0.2, 0.25) is 0 Å². The van der Waals surface area contributed by atoms with Crippen molar-refractivity contribution in [1.29, 1.82) is 10.5 Å². The van der Waals surface area contributed by atoms with Crippen LogP contribution in [0, 0.1) is 32.8 Å². The van der Waals surface area contributed by atoms with Crippen LogP contribution in [-0.2, 0) is 4.74 Å². The maximum Gasteiger partial charge on any atom is 0.433 e. The van der Waals surface area contributed by atoms with Crippen molar-refractivity contribution in [2.45, 2.75) is 0 Å². The highest BCUT2D eigenvalue weighted by atomic mass is 16.6. The molecule has 126 valence electrons. The minimum Gasteiger partial charge on any atom is -0.401 e. The summed E-state index contributed by atoms with van der Waals surface area (Å²) < 4.78 is 10.5. The molecular weight excluding hydrogens is 328 g/mol. The second-order valence-corrected chi connectivity index (χ2v) is 5.16. The molecule has 10 heteroatoms. The van der Waals surface area contributed by atoms with E-state index in [9.17, 15) is 20.6 Å². The fraction of sp³-hybridized carbons (Fsp3) is 0.267. The Morgan fingerprint density at radius 2 is 1.92 bits per heavy atom. The maximum absolute atomic E-state index is 10.9. The summed E-state index contributed by atoms with van der Waals surface area (Å²) in [7, 11) is 0. The maximum atomic E-state index is 10.9. The number of pyridine rings is 1. The SMILES string of the molecule is N#Cc1c(N)nc(N2CCOCC2)c(C#N)c1-c1ccc([N+](=O)[O-])o1. The van der Waals surface area contributed by atoms with Crippen LogP contribution < -0.4 is 10.6 Å². The highest BCUT2D eigenvalue weighted by molar-refractivity contribution is 5.83. The topological polar surface area (TPSA) is 155 Å². The van der Waals surface area contributed by atoms with E-state index in [-0.39, 0.29) is 28.3 Å². The monoisotopic (exact) mass is 340 g/mol. The first-order chi connectivity index (χ1) is 12.1. The van der Waals surface area contributed by atoms with Crippen LogP contribution in [0.4, 0.5) is 17.5 Å². The minimum absolute atomic E-state index is 0.0170. The van der Waals surface area contributed by atoms with Crippen molar-refractivity contribution in [1.82, 2.24) is 4.98 Å². The number of rotatable bonds is 3. The Hall–Kier alpha value is -3.63. The number of ether oxygens (including phenoxy) is 1. The first-order valence-electron chi connectivity index (χ1n) is 7.27. The third-order valence-electron chi connectivity index (χ3n) is 3.76. The number of furan rings is 1. The predicted octanol–water partition coefficient (Wildman–Crippen LogP) is 1.41. The number of nitrogen functional groups attached to an aromatic ring is 1. The van der Waals surface area contributed by atoms with Crippen LogP contribution >= 0.6 is 0 Å². The summed E-state index contributed by atoms with van der Waals surface area (Å²) in [5.41, 5.74) is 6.02. The Labute approximate surface area is 141 Å². The number of hydrogen-bond acceptors (Lipinski definition) is 9. The molecule has 1 saturated heterocycles. The van der Waals surface area contributed by atoms with E-state index in [1.807, 2.05) is 17.0 Å². The Bertz CT molecular complexity index is 917. The molecule has 1 aliphatic rings. The molecule has 0 atom stereocenters. The fourth-order valence-electron chi connectivity index (χ4n) is 2.62. The summed E-state index contributed by atoms with van der Waals surface area (Å²) in [5, 5.41) is 29.9. The lowest BCUT2D eigenvalue weighted by molar-refractivity contribution is -0.401. The summed E-state index contributed by atoms with van der Waals surface area (Å²) in [6.45, 7) is 1.94. The fourth-order valence-corrected chi connectivity index (χ4v) is 2.62. The third-order valence-corrected chi connectivity index (χ3v) is 3.76. The van der Waals surface area contributed by atoms with Gasteiger partial charge in [-0.2, -0.15) is 10.5 Å². The molecule has 0 spiro atoms. The molecule has 25 heavy (non-hydrogen) atoms. The molecule has 0 aromatic carbocycles. The number of hydrogen-bond donors (Lipinski definition) is 1. The highest BCUT2D eigenvalue weighted by Crippen LogP contribution is 2.37. The van der Waals surface area contributed by atoms with Gasteiger partial charge in [-0.25, -0.2) is 4.98 Å². The lowest BCUT2D eigenvalue weighted by atomic mass is 10.0. The van der Waals surface area contributed by atoms with Crippen LogP contribution in [0.1, 0.15) is 11.1 Å². The van der Waals surface area contributed by atoms with Crippen molar-refractivity contribution in [2.24, 2.45) is 0 Å². The lowest BCUT2D eigenvalue weighted by Gasteiger charge is -2.29. The number of aromatic nitrogens is 1. The number of nitrogens with two attached hydrogens (primary N) is 1. The van der Waals surface area contributed by atoms with Gasteiger partial charge in [0.05, 0.1) is 24.8 Å². The first-order valence-corrected chi connectivity index (χ1v) is 7.27. The molecule has 3 heterocycles. The number of nitriles is 2. The average Bonchev–Trinajstić information content (AvgIpc) is 3.11. The van der Waals surface area contributed by atoms with Gasteiger partial charge in [-0.05, 0) is 6.07 Å². The van der Waals surface area contributed by atoms with Gasteiger partial charge in [0.25, 0.3) is 0 Å². The molecule has 0 amide bonds. The summed E-state index contributed by atoms with van der Waals surface area (Å²) in [4.78, 5) is 16.2. The molecule has 1 aliphatic heterocycles. The van der Waals surface area contributed by atoms with Gasteiger partial charge in [0.15, 0.2) is 0 Å². The Balaban J connectivity index is 2.24. The number of anilines is 2. The Kier molecular flexibility index (Phi) is 4.20. The number of nitrogens with zero attached hydrogens (tertiary/aromatic N) is 5. The van der Waals surface area contributed by atoms with Crippen molar-refractivity contribution >= 4 is 17.5 Å². The molecule has 10 nitrogen and oxygen atoms in total. The van der Waals surface area contributed by atoms with Gasteiger partial charge < -0.3 is 19.8 Å². The first kappa shape index (κ1) is 16.2. The zero-order valence-electron chi connectivity index (χ0n) is 12.9. The largest absolute Gasteiger partial charge is 0.433 e. The molecule has 2 N–H and O–H groups in total. The van der Waals surface area contributed by atoms with Crippen LogP contribution in [0.3, 0.4) is 0 Å². The van der Waals surface area contributed by atoms with Gasteiger partial charge in [-0.3, -0.25) is 10.1 Å². The van der Waals surface area contributed by atoms with E-state index >= 15 is 0 Å². The van der Waals surface area contributed by atoms with Gasteiger partial charge >= 0.3 is 5.88 Å². The highest BCUT2D eigenvalue weighted by Gasteiger charge is 2.27. The number of nitro groups is 1. The van der Waals surface area contributed by atoms with Crippen LogP contribution in [-0.4, -0.2) is 36.2 Å². The average molecular weight is 340 g/mol. The van der Waals surface area contributed by atoms with Crippen LogP contribution in [0.5, 0.6) is 0 Å². The lowest BCUT2D eigenvalue weighted by Crippen LogP contribution is -2.37. The second kappa shape index (κ2) is 6.47. The zero-order valence-corrected chi connectivity index (χ0v) is 12.9. The van der Waals surface area contributed by atoms with Crippen molar-refractivity contribution in [2.75, 3.05) is 36.9 Å². The van der Waals surface area contributed by atoms with Gasteiger partial charge in [0, 0.05) is 13.1 Å². The molecule has 1 fully saturated rings. The van der Waals surface area contributed by atoms with Crippen LogP contribution in [0.2, 0.25) is 0 Å². The predicted molar refractivity (Wildman–Crippen MR) is 85.5 cm³/mol. The summed E-state index contributed by atoms with van der Waals surface area (Å²) in [6.07, 6.45) is 0. The van der Waals surface area contributed by atoms with Crippen LogP contribution in [0.15, 0.2) is 16.5 Å². The van der Waals surface area contributed by atoms with Crippen LogP contribution in [0.25, 0.3) is 11.3 Å². The second-order valence-electron chi connectivity index (χ2n) is 5.16. The standard InChI is InChI=1S/C15H12N6O4/c16-7-9-13(11-1-2-12(25-11)21(22)23)10(8-17)15(19-14(9)18)20-3-5-24-6-4-20/h1-2H,3-6H2,(H2,18,19). The molecule has 0 saturated carbocycles. The Morgan fingerprint density at radius 3 is 2.48 bits per heavy atom. The molecule has 0 bridgehead atoms. The van der Waals surface area contributed by atoms with Gasteiger partial charge in [-0.1, -0.05) is 0 Å². The molecule has 2 aromatic heterocycles. The zero-order chi connectivity index (χ0) is 18.0. The normalized spacial score (nSPS) is 13.9. The molecule has 0 radical (unpaired) electrons.